The molecule has 5 nitrogen and oxygen atoms in total. The van der Waals surface area contributed by atoms with Crippen LogP contribution in [0.25, 0.3) is 0 Å². The molecular weight excluding hydrogens is 518 g/mol. The second-order valence-corrected chi connectivity index (χ2v) is 10.3. The van der Waals surface area contributed by atoms with Crippen molar-refractivity contribution < 1.29 is 13.6 Å². The van der Waals surface area contributed by atoms with Gasteiger partial charge in [-0.2, -0.15) is 5.26 Å². The maximum atomic E-state index is 13.2. The van der Waals surface area contributed by atoms with Gasteiger partial charge in [-0.3, -0.25) is 9.69 Å². The van der Waals surface area contributed by atoms with Crippen molar-refractivity contribution in [3.8, 4) is 6.07 Å². The predicted octanol–water partition coefficient (Wildman–Crippen LogP) is 8.35. The summed E-state index contributed by atoms with van der Waals surface area (Å²) >= 11 is 0. The molecule has 0 bridgehead atoms. The lowest BCUT2D eigenvalue weighted by Crippen LogP contribution is -2.38. The van der Waals surface area contributed by atoms with Crippen LogP contribution in [0.3, 0.4) is 0 Å². The van der Waals surface area contributed by atoms with E-state index in [1.807, 2.05) is 26.8 Å². The number of nitriles is 1. The molecule has 2 N–H and O–H groups in total. The maximum Gasteiger partial charge on any atom is 0.225 e. The molecule has 7 heteroatoms. The van der Waals surface area contributed by atoms with Crippen molar-refractivity contribution in [1.82, 2.24) is 9.80 Å². The zero-order valence-corrected chi connectivity index (χ0v) is 26.1. The molecule has 1 unspecified atom stereocenters. The van der Waals surface area contributed by atoms with Gasteiger partial charge in [0.15, 0.2) is 11.6 Å². The van der Waals surface area contributed by atoms with Gasteiger partial charge in [0.05, 0.1) is 23.5 Å². The Morgan fingerprint density at radius 1 is 1.07 bits per heavy atom. The zero-order chi connectivity index (χ0) is 31.1. The fourth-order valence-corrected chi connectivity index (χ4v) is 5.67. The van der Waals surface area contributed by atoms with Crippen LogP contribution < -0.4 is 5.73 Å². The number of carbonyl (C=O) groups is 1. The number of amides is 1. The molecule has 0 heterocycles. The third kappa shape index (κ3) is 10.3. The Morgan fingerprint density at radius 3 is 2.17 bits per heavy atom. The van der Waals surface area contributed by atoms with Gasteiger partial charge < -0.3 is 10.6 Å². The number of aryl methyl sites for hydroxylation is 1. The Hall–Kier alpha value is -3.24. The number of nitrogens with two attached hydrogens (primary N) is 1. The van der Waals surface area contributed by atoms with Crippen molar-refractivity contribution in [3.05, 3.63) is 82.7 Å². The van der Waals surface area contributed by atoms with E-state index in [0.29, 0.717) is 17.9 Å². The molecule has 226 valence electrons. The van der Waals surface area contributed by atoms with Crippen molar-refractivity contribution in [1.29, 1.82) is 5.26 Å². The highest BCUT2D eigenvalue weighted by Crippen LogP contribution is 2.36. The highest BCUT2D eigenvalue weighted by atomic mass is 19.2. The molecule has 1 saturated carbocycles. The normalized spacial score (nSPS) is 16.8. The minimum atomic E-state index is -0.947. The standard InChI is InChI=1S/C19H28N2.C13H16F2N2O.C2H6/c1-4-12-21(5-2)18-9-7-16(8-10-18)19-11-6-15(3)13-17(19)14-20;1-4-13(17(8(2)16)9(3)18)10-5-6-11(14)12(15)7-10;1-2/h6,11,13,16,18H,4-5,7-10,12H2,1-3H3;5-7,13H,2,4,16H2,1,3H3;1-2H3. The molecule has 1 atom stereocenters. The molecule has 3 rings (SSSR count). The largest absolute Gasteiger partial charge is 0.386 e. The maximum absolute atomic E-state index is 13.2. The first-order chi connectivity index (χ1) is 19.6. The second-order valence-electron chi connectivity index (χ2n) is 10.3. The summed E-state index contributed by atoms with van der Waals surface area (Å²) in [5.41, 5.74) is 9.40. The summed E-state index contributed by atoms with van der Waals surface area (Å²) in [6, 6.07) is 12.6. The summed E-state index contributed by atoms with van der Waals surface area (Å²) in [5.74, 6) is -1.50. The lowest BCUT2D eigenvalue weighted by molar-refractivity contribution is -0.129. The molecule has 1 aliphatic rings. The van der Waals surface area contributed by atoms with E-state index in [1.54, 1.807) is 0 Å². The first-order valence-electron chi connectivity index (χ1n) is 15.0. The van der Waals surface area contributed by atoms with Gasteiger partial charge in [-0.1, -0.05) is 59.4 Å². The number of carbonyl (C=O) groups excluding carboxylic acids is 1. The number of nitrogens with zero attached hydrogens (tertiary/aromatic N) is 3. The van der Waals surface area contributed by atoms with E-state index in [0.717, 1.165) is 30.3 Å². The van der Waals surface area contributed by atoms with Gasteiger partial charge in [-0.25, -0.2) is 8.78 Å². The van der Waals surface area contributed by atoms with Gasteiger partial charge in [0, 0.05) is 13.0 Å². The Morgan fingerprint density at radius 2 is 1.71 bits per heavy atom. The number of benzene rings is 2. The topological polar surface area (TPSA) is 73.4 Å². The van der Waals surface area contributed by atoms with Crippen LogP contribution in [0.5, 0.6) is 0 Å². The average Bonchev–Trinajstić information content (AvgIpc) is 2.97. The van der Waals surface area contributed by atoms with Crippen LogP contribution >= 0.6 is 0 Å². The van der Waals surface area contributed by atoms with Gasteiger partial charge >= 0.3 is 0 Å². The van der Waals surface area contributed by atoms with Gasteiger partial charge in [0.1, 0.15) is 0 Å². The van der Waals surface area contributed by atoms with E-state index in [1.165, 1.54) is 67.7 Å². The third-order valence-electron chi connectivity index (χ3n) is 7.57. The van der Waals surface area contributed by atoms with Gasteiger partial charge in [0.2, 0.25) is 5.91 Å². The van der Waals surface area contributed by atoms with Crippen molar-refractivity contribution in [3.63, 3.8) is 0 Å². The van der Waals surface area contributed by atoms with Crippen molar-refractivity contribution in [2.45, 2.75) is 105 Å². The summed E-state index contributed by atoms with van der Waals surface area (Å²) in [6.07, 6.45) is 6.75. The number of hydrogen-bond donors (Lipinski definition) is 1. The highest BCUT2D eigenvalue weighted by molar-refractivity contribution is 5.75. The number of rotatable bonds is 9. The van der Waals surface area contributed by atoms with Crippen molar-refractivity contribution in [2.24, 2.45) is 5.73 Å². The molecule has 2 aromatic rings. The molecule has 1 aliphatic carbocycles. The van der Waals surface area contributed by atoms with Crippen molar-refractivity contribution in [2.75, 3.05) is 13.1 Å². The second kappa shape index (κ2) is 18.2. The molecular formula is C34H50F2N4O. The number of hydrogen-bond acceptors (Lipinski definition) is 4. The predicted molar refractivity (Wildman–Crippen MR) is 165 cm³/mol. The summed E-state index contributed by atoms with van der Waals surface area (Å²) in [5, 5.41) is 9.36. The van der Waals surface area contributed by atoms with Gasteiger partial charge in [0.25, 0.3) is 0 Å². The van der Waals surface area contributed by atoms with E-state index in [4.69, 9.17) is 5.73 Å². The van der Waals surface area contributed by atoms with E-state index < -0.39 is 17.7 Å². The summed E-state index contributed by atoms with van der Waals surface area (Å²) in [7, 11) is 0. The molecule has 0 aromatic heterocycles. The van der Waals surface area contributed by atoms with Gasteiger partial charge in [-0.15, -0.1) is 0 Å². The van der Waals surface area contributed by atoms with Crippen LogP contribution in [0.1, 0.15) is 114 Å². The fraction of sp³-hybridized carbons (Fsp3) is 0.529. The van der Waals surface area contributed by atoms with Crippen LogP contribution in [-0.4, -0.2) is 34.8 Å². The zero-order valence-electron chi connectivity index (χ0n) is 26.1. The first-order valence-corrected chi connectivity index (χ1v) is 15.0. The molecule has 41 heavy (non-hydrogen) atoms. The summed E-state index contributed by atoms with van der Waals surface area (Å²) < 4.78 is 26.1. The molecule has 2 aromatic carbocycles. The molecule has 0 saturated heterocycles. The lowest BCUT2D eigenvalue weighted by Gasteiger charge is -2.36. The molecule has 0 radical (unpaired) electrons. The van der Waals surface area contributed by atoms with E-state index in [9.17, 15) is 18.8 Å². The third-order valence-corrected chi connectivity index (χ3v) is 7.57. The summed E-state index contributed by atoms with van der Waals surface area (Å²) in [4.78, 5) is 15.4. The van der Waals surface area contributed by atoms with Gasteiger partial charge in [-0.05, 0) is 99.3 Å². The van der Waals surface area contributed by atoms with Crippen LogP contribution in [0.4, 0.5) is 8.78 Å². The van der Waals surface area contributed by atoms with Crippen LogP contribution in [-0.2, 0) is 4.79 Å². The fourth-order valence-electron chi connectivity index (χ4n) is 5.67. The van der Waals surface area contributed by atoms with Crippen LogP contribution in [0, 0.1) is 29.9 Å². The SMILES string of the molecule is C=C(N)N(C(C)=O)C(CC)c1ccc(F)c(F)c1.CC.CCCN(CC)C1CCC(c2ccc(C)cc2C#N)CC1. The Balaban J connectivity index is 0.000000391. The van der Waals surface area contributed by atoms with Crippen molar-refractivity contribution >= 4 is 5.91 Å². The molecule has 0 spiro atoms. The Kier molecular flexibility index (Phi) is 15.9. The minimum absolute atomic E-state index is 0.0825. The smallest absolute Gasteiger partial charge is 0.225 e. The van der Waals surface area contributed by atoms with Crippen LogP contribution in [0.15, 0.2) is 48.8 Å². The molecule has 0 aliphatic heterocycles. The Labute approximate surface area is 247 Å². The lowest BCUT2D eigenvalue weighted by atomic mass is 9.79. The highest BCUT2D eigenvalue weighted by Gasteiger charge is 2.27. The number of halogens is 2. The van der Waals surface area contributed by atoms with Crippen LogP contribution in [0.2, 0.25) is 0 Å². The Bertz CT molecular complexity index is 1140. The van der Waals surface area contributed by atoms with E-state index >= 15 is 0 Å². The average molecular weight is 569 g/mol. The van der Waals surface area contributed by atoms with E-state index in [2.05, 4.69) is 50.5 Å². The monoisotopic (exact) mass is 568 g/mol. The first kappa shape index (κ1) is 35.8. The molecule has 1 fully saturated rings. The summed E-state index contributed by atoms with van der Waals surface area (Å²) in [6.45, 7) is 19.7. The minimum Gasteiger partial charge on any atom is -0.386 e. The quantitative estimate of drug-likeness (QED) is 0.330. The molecule has 1 amide bonds. The van der Waals surface area contributed by atoms with E-state index in [-0.39, 0.29) is 11.7 Å².